The molecule has 31 heavy (non-hydrogen) atoms. The lowest BCUT2D eigenvalue weighted by Gasteiger charge is -2.32. The molecule has 2 aromatic heterocycles. The predicted octanol–water partition coefficient (Wildman–Crippen LogP) is 2.25. The summed E-state index contributed by atoms with van der Waals surface area (Å²) in [4.78, 5) is 44.6. The predicted molar refractivity (Wildman–Crippen MR) is 110 cm³/mol. The highest BCUT2D eigenvalue weighted by atomic mass is 16.5. The fourth-order valence-corrected chi connectivity index (χ4v) is 3.65. The van der Waals surface area contributed by atoms with Crippen LogP contribution in [0.3, 0.4) is 0 Å². The number of benzene rings is 1. The summed E-state index contributed by atoms with van der Waals surface area (Å²) >= 11 is 0. The topological polar surface area (TPSA) is 117 Å². The zero-order valence-electron chi connectivity index (χ0n) is 17.5. The van der Waals surface area contributed by atoms with Crippen LogP contribution in [0, 0.1) is 6.92 Å². The summed E-state index contributed by atoms with van der Waals surface area (Å²) in [6.07, 6.45) is 1.58. The van der Waals surface area contributed by atoms with Crippen LogP contribution in [0.1, 0.15) is 42.4 Å². The summed E-state index contributed by atoms with van der Waals surface area (Å²) in [6, 6.07) is 4.78. The molecule has 0 fully saturated rings. The molecule has 0 radical (unpaired) electrons. The molecule has 0 N–H and O–H groups in total. The number of carbonyl (C=O) groups excluding carboxylic acids is 2. The number of esters is 1. The molecule has 1 amide bonds. The van der Waals surface area contributed by atoms with Crippen LogP contribution in [0.25, 0.3) is 11.1 Å². The molecule has 3 heterocycles. The molecule has 10 nitrogen and oxygen atoms in total. The number of anilines is 1. The molecule has 10 heteroatoms. The van der Waals surface area contributed by atoms with Crippen LogP contribution in [0.2, 0.25) is 0 Å². The van der Waals surface area contributed by atoms with Crippen molar-refractivity contribution in [3.8, 4) is 5.75 Å². The quantitative estimate of drug-likeness (QED) is 0.570. The highest BCUT2D eigenvalue weighted by molar-refractivity contribution is 6.00. The van der Waals surface area contributed by atoms with E-state index in [4.69, 9.17) is 14.0 Å². The Morgan fingerprint density at radius 3 is 2.84 bits per heavy atom. The van der Waals surface area contributed by atoms with Gasteiger partial charge in [-0.3, -0.25) is 14.2 Å². The summed E-state index contributed by atoms with van der Waals surface area (Å²) in [5, 5.41) is 3.53. The van der Waals surface area contributed by atoms with Gasteiger partial charge in [-0.05, 0) is 38.0 Å². The van der Waals surface area contributed by atoms with Crippen molar-refractivity contribution in [3.05, 3.63) is 46.1 Å². The van der Waals surface area contributed by atoms with Gasteiger partial charge in [-0.1, -0.05) is 18.1 Å². The fourth-order valence-electron chi connectivity index (χ4n) is 3.65. The van der Waals surface area contributed by atoms with Crippen LogP contribution in [-0.4, -0.2) is 46.3 Å². The summed E-state index contributed by atoms with van der Waals surface area (Å²) in [7, 11) is 0. The normalized spacial score (nSPS) is 14.1. The molecule has 0 unspecified atom stereocenters. The van der Waals surface area contributed by atoms with E-state index in [1.807, 2.05) is 25.1 Å². The van der Waals surface area contributed by atoms with E-state index < -0.39 is 17.6 Å². The molecule has 1 aliphatic rings. The van der Waals surface area contributed by atoms with Gasteiger partial charge in [0.15, 0.2) is 0 Å². The van der Waals surface area contributed by atoms with Gasteiger partial charge in [0.25, 0.3) is 11.3 Å². The van der Waals surface area contributed by atoms with Gasteiger partial charge in [-0.2, -0.15) is 0 Å². The second-order valence-electron chi connectivity index (χ2n) is 7.12. The summed E-state index contributed by atoms with van der Waals surface area (Å²) in [5.41, 5.74) is 0.720. The van der Waals surface area contributed by atoms with Gasteiger partial charge < -0.3 is 18.9 Å². The molecular formula is C21H22N4O6. The fraction of sp³-hybridized carbons (Fsp3) is 0.381. The van der Waals surface area contributed by atoms with Gasteiger partial charge in [0.1, 0.15) is 30.1 Å². The largest absolute Gasteiger partial charge is 0.490 e. The first-order chi connectivity index (χ1) is 15.0. The van der Waals surface area contributed by atoms with Crippen molar-refractivity contribution in [3.63, 3.8) is 0 Å². The molecule has 0 saturated carbocycles. The number of hydrogen-bond acceptors (Lipinski definition) is 8. The smallest absolute Gasteiger partial charge is 0.361 e. The van der Waals surface area contributed by atoms with Gasteiger partial charge in [0.05, 0.1) is 18.8 Å². The van der Waals surface area contributed by atoms with Crippen molar-refractivity contribution in [2.75, 3.05) is 24.7 Å². The lowest BCUT2D eigenvalue weighted by Crippen LogP contribution is -2.44. The minimum Gasteiger partial charge on any atom is -0.490 e. The van der Waals surface area contributed by atoms with Crippen molar-refractivity contribution in [1.82, 2.24) is 14.7 Å². The summed E-state index contributed by atoms with van der Waals surface area (Å²) in [5.74, 6) is -0.436. The van der Waals surface area contributed by atoms with Crippen LogP contribution in [-0.2, 0) is 9.53 Å². The monoisotopic (exact) mass is 426 g/mol. The minimum atomic E-state index is -0.833. The molecule has 1 atom stereocenters. The molecule has 0 aliphatic carbocycles. The van der Waals surface area contributed by atoms with Gasteiger partial charge in [-0.25, -0.2) is 9.78 Å². The van der Waals surface area contributed by atoms with Crippen molar-refractivity contribution >= 4 is 28.7 Å². The number of aryl methyl sites for hydroxylation is 1. The maximum atomic E-state index is 13.5. The average molecular weight is 426 g/mol. The maximum Gasteiger partial charge on any atom is 0.361 e. The minimum absolute atomic E-state index is 0.0843. The Labute approximate surface area is 177 Å². The zero-order chi connectivity index (χ0) is 22.1. The van der Waals surface area contributed by atoms with E-state index in [2.05, 4.69) is 10.1 Å². The number of hydrogen-bond donors (Lipinski definition) is 0. The molecule has 0 bridgehead atoms. The van der Waals surface area contributed by atoms with Gasteiger partial charge >= 0.3 is 5.97 Å². The zero-order valence-corrected chi connectivity index (χ0v) is 17.5. The molecule has 162 valence electrons. The number of rotatable bonds is 5. The number of ether oxygens (including phenoxy) is 2. The first-order valence-corrected chi connectivity index (χ1v) is 10.0. The maximum absolute atomic E-state index is 13.5. The van der Waals surface area contributed by atoms with Crippen LogP contribution < -0.4 is 15.2 Å². The molecular weight excluding hydrogens is 404 g/mol. The van der Waals surface area contributed by atoms with E-state index in [1.165, 1.54) is 10.9 Å². The number of carbonyl (C=O) groups is 2. The highest BCUT2D eigenvalue weighted by Crippen LogP contribution is 2.34. The Bertz CT molecular complexity index is 1210. The Hall–Kier alpha value is -3.69. The first-order valence-electron chi connectivity index (χ1n) is 10.0. The lowest BCUT2D eigenvalue weighted by atomic mass is 10.1. The average Bonchev–Trinajstić information content (AvgIpc) is 3.20. The standard InChI is InChI=1S/C21H22N4O6/c1-4-13(19(26)24-8-9-30-15-7-6-12(3)10-14(15)24)25-11-22-18-16(20(25)27)17(23-31-18)21(28)29-5-2/h6-7,10-11,13H,4-5,8-9H2,1-3H3/t13-/m0/s1. The van der Waals surface area contributed by atoms with E-state index in [0.29, 0.717) is 31.0 Å². The molecule has 1 aromatic carbocycles. The Morgan fingerprint density at radius 2 is 2.10 bits per heavy atom. The van der Waals surface area contributed by atoms with E-state index in [0.717, 1.165) is 5.56 Å². The Morgan fingerprint density at radius 1 is 1.29 bits per heavy atom. The summed E-state index contributed by atoms with van der Waals surface area (Å²) < 4.78 is 16.8. The van der Waals surface area contributed by atoms with Gasteiger partial charge in [-0.15, -0.1) is 0 Å². The van der Waals surface area contributed by atoms with Crippen molar-refractivity contribution in [2.24, 2.45) is 0 Å². The first kappa shape index (κ1) is 20.6. The SMILES string of the molecule is CCOC(=O)c1noc2ncn([C@@H](CC)C(=O)N3CCOc4ccc(C)cc43)c(=O)c12. The number of amides is 1. The van der Waals surface area contributed by atoms with E-state index in [9.17, 15) is 14.4 Å². The Balaban J connectivity index is 1.77. The third-order valence-corrected chi connectivity index (χ3v) is 5.14. The van der Waals surface area contributed by atoms with Crippen molar-refractivity contribution in [2.45, 2.75) is 33.2 Å². The molecule has 4 rings (SSSR count). The molecule has 0 saturated heterocycles. The second kappa shape index (κ2) is 8.21. The third kappa shape index (κ3) is 3.54. The van der Waals surface area contributed by atoms with E-state index >= 15 is 0 Å². The third-order valence-electron chi connectivity index (χ3n) is 5.14. The second-order valence-corrected chi connectivity index (χ2v) is 7.12. The molecule has 3 aromatic rings. The van der Waals surface area contributed by atoms with Crippen LogP contribution in [0.4, 0.5) is 5.69 Å². The molecule has 1 aliphatic heterocycles. The van der Waals surface area contributed by atoms with Crippen molar-refractivity contribution < 1.29 is 23.6 Å². The van der Waals surface area contributed by atoms with Crippen LogP contribution >= 0.6 is 0 Å². The lowest BCUT2D eigenvalue weighted by molar-refractivity contribution is -0.122. The van der Waals surface area contributed by atoms with Crippen LogP contribution in [0.15, 0.2) is 33.8 Å². The van der Waals surface area contributed by atoms with E-state index in [-0.39, 0.29) is 29.3 Å². The number of fused-ring (bicyclic) bond motifs is 2. The van der Waals surface area contributed by atoms with Crippen LogP contribution in [0.5, 0.6) is 5.75 Å². The van der Waals surface area contributed by atoms with Gasteiger partial charge in [0, 0.05) is 0 Å². The van der Waals surface area contributed by atoms with Crippen molar-refractivity contribution in [1.29, 1.82) is 0 Å². The summed E-state index contributed by atoms with van der Waals surface area (Å²) in [6.45, 7) is 6.20. The van der Waals surface area contributed by atoms with Gasteiger partial charge in [0.2, 0.25) is 11.6 Å². The number of nitrogens with zero attached hydrogens (tertiary/aromatic N) is 4. The highest BCUT2D eigenvalue weighted by Gasteiger charge is 2.32. The van der Waals surface area contributed by atoms with E-state index in [1.54, 1.807) is 18.7 Å². The number of aromatic nitrogens is 3. The molecule has 0 spiro atoms. The Kier molecular flexibility index (Phi) is 5.45.